The van der Waals surface area contributed by atoms with Crippen molar-refractivity contribution in [1.82, 2.24) is 14.7 Å². The molecule has 0 N–H and O–H groups in total. The van der Waals surface area contributed by atoms with Gasteiger partial charge in [0.15, 0.2) is 0 Å². The predicted octanol–water partition coefficient (Wildman–Crippen LogP) is 2.15. The summed E-state index contributed by atoms with van der Waals surface area (Å²) < 4.78 is 11.5. The van der Waals surface area contributed by atoms with E-state index in [1.807, 2.05) is 48.9 Å². The van der Waals surface area contributed by atoms with Crippen LogP contribution < -0.4 is 0 Å². The van der Waals surface area contributed by atoms with Gasteiger partial charge in [-0.3, -0.25) is 9.59 Å². The highest BCUT2D eigenvalue weighted by molar-refractivity contribution is 5.94. The Balaban J connectivity index is 2.21. The molecule has 2 aromatic rings. The van der Waals surface area contributed by atoms with E-state index in [4.69, 9.17) is 4.74 Å². The van der Waals surface area contributed by atoms with Crippen molar-refractivity contribution >= 4 is 18.0 Å². The molecule has 2 rings (SSSR count). The molecule has 1 aromatic heterocycles. The molecule has 0 bridgehead atoms. The van der Waals surface area contributed by atoms with Gasteiger partial charge in [0.2, 0.25) is 5.91 Å². The molecule has 144 valence electrons. The van der Waals surface area contributed by atoms with Crippen LogP contribution in [0.1, 0.15) is 17.0 Å². The van der Waals surface area contributed by atoms with Crippen molar-refractivity contribution in [3.05, 3.63) is 53.4 Å². The molecule has 0 unspecified atom stereocenters. The number of rotatable bonds is 8. The molecule has 0 fully saturated rings. The minimum Gasteiger partial charge on any atom is -0.468 e. The Morgan fingerprint density at radius 3 is 2.52 bits per heavy atom. The minimum absolute atomic E-state index is 0.121. The van der Waals surface area contributed by atoms with Gasteiger partial charge in [0.1, 0.15) is 6.54 Å². The van der Waals surface area contributed by atoms with Crippen LogP contribution in [0.25, 0.3) is 11.8 Å². The number of nitrogens with zero attached hydrogens (tertiary/aromatic N) is 3. The number of benzene rings is 1. The highest BCUT2D eigenvalue weighted by Gasteiger charge is 2.16. The highest BCUT2D eigenvalue weighted by atomic mass is 16.5. The zero-order valence-corrected chi connectivity index (χ0v) is 16.1. The van der Waals surface area contributed by atoms with E-state index in [-0.39, 0.29) is 12.5 Å². The normalized spacial score (nSPS) is 11.0. The molecule has 7 nitrogen and oxygen atoms in total. The summed E-state index contributed by atoms with van der Waals surface area (Å²) in [6.45, 7) is 4.36. The van der Waals surface area contributed by atoms with Gasteiger partial charge in [-0.15, -0.1) is 0 Å². The molecule has 1 heterocycles. The molecule has 1 aromatic carbocycles. The van der Waals surface area contributed by atoms with Crippen LogP contribution >= 0.6 is 0 Å². The number of carbonyl (C=O) groups excluding carboxylic acids is 2. The molecular weight excluding hydrogens is 346 g/mol. The molecular formula is C20H25N3O4. The van der Waals surface area contributed by atoms with Gasteiger partial charge >= 0.3 is 5.97 Å². The molecule has 7 heteroatoms. The topological polar surface area (TPSA) is 73.7 Å². The first-order chi connectivity index (χ1) is 13.0. The monoisotopic (exact) mass is 371 g/mol. The SMILES string of the molecule is COCCN(CC(=O)OC)C(=O)/C=C/c1c(C)nn(-c2ccccc2)c1C. The van der Waals surface area contributed by atoms with Gasteiger partial charge < -0.3 is 14.4 Å². The fraction of sp³-hybridized carbons (Fsp3) is 0.350. The third kappa shape index (κ3) is 5.27. The average Bonchev–Trinajstić information content (AvgIpc) is 2.97. The maximum atomic E-state index is 12.5. The summed E-state index contributed by atoms with van der Waals surface area (Å²) in [5.74, 6) is -0.763. The van der Waals surface area contributed by atoms with E-state index < -0.39 is 5.97 Å². The van der Waals surface area contributed by atoms with Crippen molar-refractivity contribution in [1.29, 1.82) is 0 Å². The Morgan fingerprint density at radius 2 is 1.89 bits per heavy atom. The number of methoxy groups -OCH3 is 2. The van der Waals surface area contributed by atoms with Crippen molar-refractivity contribution in [3.8, 4) is 5.69 Å². The van der Waals surface area contributed by atoms with Gasteiger partial charge in [-0.1, -0.05) is 18.2 Å². The van der Waals surface area contributed by atoms with Gasteiger partial charge in [0, 0.05) is 31.0 Å². The standard InChI is InChI=1S/C20H25N3O4/c1-15-18(16(2)23(21-15)17-8-6-5-7-9-17)10-11-19(24)22(12-13-26-3)14-20(25)27-4/h5-11H,12-14H2,1-4H3/b11-10+. The molecule has 0 aliphatic heterocycles. The Morgan fingerprint density at radius 1 is 1.19 bits per heavy atom. The number of amides is 1. The van der Waals surface area contributed by atoms with E-state index >= 15 is 0 Å². The zero-order chi connectivity index (χ0) is 19.8. The number of hydrogen-bond donors (Lipinski definition) is 0. The molecule has 0 spiro atoms. The lowest BCUT2D eigenvalue weighted by Crippen LogP contribution is -2.37. The van der Waals surface area contributed by atoms with Crippen LogP contribution in [0.2, 0.25) is 0 Å². The maximum absolute atomic E-state index is 12.5. The van der Waals surface area contributed by atoms with Crippen molar-refractivity contribution in [3.63, 3.8) is 0 Å². The molecule has 0 saturated carbocycles. The minimum atomic E-state index is -0.475. The summed E-state index contributed by atoms with van der Waals surface area (Å²) in [5.41, 5.74) is 3.57. The van der Waals surface area contributed by atoms with E-state index in [1.54, 1.807) is 13.2 Å². The summed E-state index contributed by atoms with van der Waals surface area (Å²) >= 11 is 0. The quantitative estimate of drug-likeness (QED) is 0.525. The van der Waals surface area contributed by atoms with Crippen LogP contribution in [0.3, 0.4) is 0 Å². The zero-order valence-electron chi connectivity index (χ0n) is 16.1. The highest BCUT2D eigenvalue weighted by Crippen LogP contribution is 2.19. The van der Waals surface area contributed by atoms with Crippen LogP contribution in [0, 0.1) is 13.8 Å². The number of hydrogen-bond acceptors (Lipinski definition) is 5. The molecule has 0 aliphatic carbocycles. The van der Waals surface area contributed by atoms with Crippen molar-refractivity contribution in [2.24, 2.45) is 0 Å². The first kappa shape index (κ1) is 20.4. The van der Waals surface area contributed by atoms with Crippen molar-refractivity contribution in [2.75, 3.05) is 33.9 Å². The second-order valence-corrected chi connectivity index (χ2v) is 5.99. The molecule has 0 saturated heterocycles. The van der Waals surface area contributed by atoms with E-state index in [2.05, 4.69) is 9.84 Å². The van der Waals surface area contributed by atoms with Crippen molar-refractivity contribution in [2.45, 2.75) is 13.8 Å². The lowest BCUT2D eigenvalue weighted by Gasteiger charge is -2.19. The third-order valence-corrected chi connectivity index (χ3v) is 4.17. The van der Waals surface area contributed by atoms with Crippen LogP contribution in [0.5, 0.6) is 0 Å². The fourth-order valence-electron chi connectivity index (χ4n) is 2.67. The molecule has 0 radical (unpaired) electrons. The number of carbonyl (C=O) groups is 2. The summed E-state index contributed by atoms with van der Waals surface area (Å²) in [4.78, 5) is 25.4. The van der Waals surface area contributed by atoms with E-state index in [1.165, 1.54) is 18.1 Å². The third-order valence-electron chi connectivity index (χ3n) is 4.17. The molecule has 0 atom stereocenters. The maximum Gasteiger partial charge on any atom is 0.325 e. The fourth-order valence-corrected chi connectivity index (χ4v) is 2.67. The summed E-state index contributed by atoms with van der Waals surface area (Å²) in [7, 11) is 2.84. The molecule has 27 heavy (non-hydrogen) atoms. The van der Waals surface area contributed by atoms with E-state index in [0.717, 1.165) is 22.6 Å². The van der Waals surface area contributed by atoms with Crippen LogP contribution in [-0.2, 0) is 19.1 Å². The summed E-state index contributed by atoms with van der Waals surface area (Å²) in [6.07, 6.45) is 3.18. The average molecular weight is 371 g/mol. The number of aryl methyl sites for hydroxylation is 1. The van der Waals surface area contributed by atoms with Gasteiger partial charge in [0.25, 0.3) is 0 Å². The second-order valence-electron chi connectivity index (χ2n) is 5.99. The number of ether oxygens (including phenoxy) is 2. The van der Waals surface area contributed by atoms with Gasteiger partial charge in [-0.05, 0) is 32.1 Å². The predicted molar refractivity (Wildman–Crippen MR) is 103 cm³/mol. The van der Waals surface area contributed by atoms with Gasteiger partial charge in [-0.25, -0.2) is 4.68 Å². The first-order valence-corrected chi connectivity index (χ1v) is 8.62. The van der Waals surface area contributed by atoms with Crippen molar-refractivity contribution < 1.29 is 19.1 Å². The van der Waals surface area contributed by atoms with Gasteiger partial charge in [0.05, 0.1) is 25.1 Å². The largest absolute Gasteiger partial charge is 0.468 e. The number of para-hydroxylation sites is 1. The Kier molecular flexibility index (Phi) is 7.31. The van der Waals surface area contributed by atoms with Crippen LogP contribution in [0.15, 0.2) is 36.4 Å². The number of aromatic nitrogens is 2. The van der Waals surface area contributed by atoms with Crippen LogP contribution in [-0.4, -0.2) is 60.5 Å². The molecule has 1 amide bonds. The first-order valence-electron chi connectivity index (χ1n) is 8.62. The number of esters is 1. The Hall–Kier alpha value is -2.93. The second kappa shape index (κ2) is 9.68. The van der Waals surface area contributed by atoms with Crippen LogP contribution in [0.4, 0.5) is 0 Å². The smallest absolute Gasteiger partial charge is 0.325 e. The summed E-state index contributed by atoms with van der Waals surface area (Å²) in [5, 5.41) is 4.56. The van der Waals surface area contributed by atoms with E-state index in [0.29, 0.717) is 13.2 Å². The Labute approximate surface area is 159 Å². The lowest BCUT2D eigenvalue weighted by molar-refractivity contribution is -0.145. The molecule has 0 aliphatic rings. The van der Waals surface area contributed by atoms with Gasteiger partial charge in [-0.2, -0.15) is 5.10 Å². The Bertz CT molecular complexity index is 812. The lowest BCUT2D eigenvalue weighted by atomic mass is 10.1. The summed E-state index contributed by atoms with van der Waals surface area (Å²) in [6, 6.07) is 9.79. The van der Waals surface area contributed by atoms with E-state index in [9.17, 15) is 9.59 Å².